The summed E-state index contributed by atoms with van der Waals surface area (Å²) in [4.78, 5) is 2.58. The molecule has 1 rings (SSSR count). The molecule has 1 atom stereocenters. The van der Waals surface area contributed by atoms with Gasteiger partial charge in [0.25, 0.3) is 0 Å². The van der Waals surface area contributed by atoms with Crippen molar-refractivity contribution in [1.82, 2.24) is 10.2 Å². The van der Waals surface area contributed by atoms with Crippen LogP contribution in [0.15, 0.2) is 12.7 Å². The SMILES string of the molecule is C=CCCCCCN1CCN[C@@H](C)C1. The molecule has 0 aromatic heterocycles. The van der Waals surface area contributed by atoms with Crippen LogP contribution in [0.5, 0.6) is 0 Å². The molecule has 0 radical (unpaired) electrons. The molecule has 1 fully saturated rings. The fourth-order valence-electron chi connectivity index (χ4n) is 2.02. The van der Waals surface area contributed by atoms with E-state index in [1.54, 1.807) is 0 Å². The monoisotopic (exact) mass is 196 g/mol. The van der Waals surface area contributed by atoms with Crippen LogP contribution >= 0.6 is 0 Å². The second-order valence-corrected chi connectivity index (χ2v) is 4.29. The van der Waals surface area contributed by atoms with Gasteiger partial charge in [-0.15, -0.1) is 6.58 Å². The van der Waals surface area contributed by atoms with Crippen molar-refractivity contribution in [1.29, 1.82) is 0 Å². The van der Waals surface area contributed by atoms with Crippen LogP contribution in [0.4, 0.5) is 0 Å². The fourth-order valence-corrected chi connectivity index (χ4v) is 2.02. The van der Waals surface area contributed by atoms with Crippen LogP contribution in [0.1, 0.15) is 32.6 Å². The molecule has 1 aliphatic rings. The molecule has 0 aromatic carbocycles. The van der Waals surface area contributed by atoms with E-state index >= 15 is 0 Å². The minimum atomic E-state index is 0.678. The van der Waals surface area contributed by atoms with Crippen LogP contribution < -0.4 is 5.32 Å². The Bertz CT molecular complexity index is 156. The highest BCUT2D eigenvalue weighted by atomic mass is 15.2. The molecule has 0 unspecified atom stereocenters. The first-order valence-corrected chi connectivity index (χ1v) is 5.89. The maximum atomic E-state index is 3.74. The van der Waals surface area contributed by atoms with Gasteiger partial charge in [-0.2, -0.15) is 0 Å². The maximum Gasteiger partial charge on any atom is 0.0167 e. The van der Waals surface area contributed by atoms with E-state index in [1.807, 2.05) is 6.08 Å². The molecule has 0 saturated carbocycles. The molecule has 0 spiro atoms. The number of hydrogen-bond acceptors (Lipinski definition) is 2. The summed E-state index contributed by atoms with van der Waals surface area (Å²) in [6, 6.07) is 0.678. The van der Waals surface area contributed by atoms with Gasteiger partial charge in [0.2, 0.25) is 0 Å². The number of allylic oxidation sites excluding steroid dienone is 1. The summed E-state index contributed by atoms with van der Waals surface area (Å²) in [6.45, 7) is 10.9. The highest BCUT2D eigenvalue weighted by Crippen LogP contribution is 2.04. The van der Waals surface area contributed by atoms with E-state index in [4.69, 9.17) is 0 Å². The standard InChI is InChI=1S/C12H24N2/c1-3-4-5-6-7-9-14-10-8-13-12(2)11-14/h3,12-13H,1,4-11H2,2H3/t12-/m0/s1. The first kappa shape index (κ1) is 11.7. The molecule has 0 amide bonds. The quantitative estimate of drug-likeness (QED) is 0.516. The first-order chi connectivity index (χ1) is 6.83. The van der Waals surface area contributed by atoms with Crippen LogP contribution in [0, 0.1) is 0 Å². The van der Waals surface area contributed by atoms with Crippen molar-refractivity contribution in [3.63, 3.8) is 0 Å². The third-order valence-electron chi connectivity index (χ3n) is 2.84. The molecule has 1 N–H and O–H groups in total. The topological polar surface area (TPSA) is 15.3 Å². The normalized spacial score (nSPS) is 23.6. The van der Waals surface area contributed by atoms with Crippen LogP contribution in [-0.2, 0) is 0 Å². The van der Waals surface area contributed by atoms with Crippen molar-refractivity contribution >= 4 is 0 Å². The lowest BCUT2D eigenvalue weighted by Gasteiger charge is -2.31. The minimum Gasteiger partial charge on any atom is -0.312 e. The molecule has 0 bridgehead atoms. The zero-order valence-electron chi connectivity index (χ0n) is 9.47. The lowest BCUT2D eigenvalue weighted by atomic mass is 10.1. The van der Waals surface area contributed by atoms with Crippen molar-refractivity contribution in [3.8, 4) is 0 Å². The zero-order chi connectivity index (χ0) is 10.2. The summed E-state index contributed by atoms with van der Waals surface area (Å²) in [6.07, 6.45) is 7.21. The third-order valence-corrected chi connectivity index (χ3v) is 2.84. The highest BCUT2D eigenvalue weighted by Gasteiger charge is 2.14. The Morgan fingerprint density at radius 1 is 1.43 bits per heavy atom. The van der Waals surface area contributed by atoms with Crippen molar-refractivity contribution in [2.24, 2.45) is 0 Å². The van der Waals surface area contributed by atoms with Crippen molar-refractivity contribution in [3.05, 3.63) is 12.7 Å². The predicted octanol–water partition coefficient (Wildman–Crippen LogP) is 2.03. The van der Waals surface area contributed by atoms with Gasteiger partial charge in [-0.05, 0) is 32.7 Å². The zero-order valence-corrected chi connectivity index (χ0v) is 9.47. The Kier molecular flexibility index (Phi) is 5.88. The van der Waals surface area contributed by atoms with E-state index in [9.17, 15) is 0 Å². The molecule has 14 heavy (non-hydrogen) atoms. The summed E-state index contributed by atoms with van der Waals surface area (Å²) >= 11 is 0. The molecule has 0 aromatic rings. The van der Waals surface area contributed by atoms with Crippen LogP contribution in [-0.4, -0.2) is 37.1 Å². The lowest BCUT2D eigenvalue weighted by Crippen LogP contribution is -2.49. The smallest absolute Gasteiger partial charge is 0.0167 e. The number of piperazine rings is 1. The molecule has 2 heteroatoms. The predicted molar refractivity (Wildman–Crippen MR) is 62.6 cm³/mol. The van der Waals surface area contributed by atoms with Gasteiger partial charge < -0.3 is 10.2 Å². The average molecular weight is 196 g/mol. The number of hydrogen-bond donors (Lipinski definition) is 1. The van der Waals surface area contributed by atoms with Gasteiger partial charge in [-0.3, -0.25) is 0 Å². The summed E-state index contributed by atoms with van der Waals surface area (Å²) < 4.78 is 0. The largest absolute Gasteiger partial charge is 0.312 e. The van der Waals surface area contributed by atoms with Crippen LogP contribution in [0.3, 0.4) is 0 Å². The summed E-state index contributed by atoms with van der Waals surface area (Å²) in [7, 11) is 0. The molecule has 82 valence electrons. The first-order valence-electron chi connectivity index (χ1n) is 5.89. The Morgan fingerprint density at radius 2 is 2.29 bits per heavy atom. The van der Waals surface area contributed by atoms with Gasteiger partial charge in [-0.25, -0.2) is 0 Å². The minimum absolute atomic E-state index is 0.678. The van der Waals surface area contributed by atoms with Gasteiger partial charge in [0, 0.05) is 25.7 Å². The van der Waals surface area contributed by atoms with Crippen molar-refractivity contribution < 1.29 is 0 Å². The highest BCUT2D eigenvalue weighted by molar-refractivity contribution is 4.74. The maximum absolute atomic E-state index is 3.74. The Labute approximate surface area is 88.4 Å². The number of nitrogens with zero attached hydrogens (tertiary/aromatic N) is 1. The van der Waals surface area contributed by atoms with Crippen LogP contribution in [0.25, 0.3) is 0 Å². The summed E-state index contributed by atoms with van der Waals surface area (Å²) in [5, 5.41) is 3.47. The van der Waals surface area contributed by atoms with E-state index in [2.05, 4.69) is 23.7 Å². The molecule has 2 nitrogen and oxygen atoms in total. The van der Waals surface area contributed by atoms with Gasteiger partial charge >= 0.3 is 0 Å². The van der Waals surface area contributed by atoms with Gasteiger partial charge in [-0.1, -0.05) is 12.5 Å². The summed E-state index contributed by atoms with van der Waals surface area (Å²) in [5.41, 5.74) is 0. The summed E-state index contributed by atoms with van der Waals surface area (Å²) in [5.74, 6) is 0. The van der Waals surface area contributed by atoms with E-state index in [0.29, 0.717) is 6.04 Å². The van der Waals surface area contributed by atoms with E-state index < -0.39 is 0 Å². The molecule has 1 heterocycles. The molecule has 1 saturated heterocycles. The fraction of sp³-hybridized carbons (Fsp3) is 0.833. The number of unbranched alkanes of at least 4 members (excludes halogenated alkanes) is 3. The number of rotatable bonds is 6. The van der Waals surface area contributed by atoms with Gasteiger partial charge in [0.1, 0.15) is 0 Å². The number of nitrogens with one attached hydrogen (secondary N) is 1. The second-order valence-electron chi connectivity index (χ2n) is 4.29. The Morgan fingerprint density at radius 3 is 3.00 bits per heavy atom. The van der Waals surface area contributed by atoms with Crippen molar-refractivity contribution in [2.75, 3.05) is 26.2 Å². The second kappa shape index (κ2) is 7.02. The lowest BCUT2D eigenvalue weighted by molar-refractivity contribution is 0.203. The third kappa shape index (κ3) is 4.77. The van der Waals surface area contributed by atoms with E-state index in [-0.39, 0.29) is 0 Å². The van der Waals surface area contributed by atoms with E-state index in [0.717, 1.165) is 6.54 Å². The van der Waals surface area contributed by atoms with Crippen molar-refractivity contribution in [2.45, 2.75) is 38.6 Å². The Hall–Kier alpha value is -0.340. The Balaban J connectivity index is 1.97. The molecular formula is C12H24N2. The van der Waals surface area contributed by atoms with Crippen LogP contribution in [0.2, 0.25) is 0 Å². The molecular weight excluding hydrogens is 172 g/mol. The van der Waals surface area contributed by atoms with Gasteiger partial charge in [0.05, 0.1) is 0 Å². The molecule has 0 aliphatic carbocycles. The average Bonchev–Trinajstić information content (AvgIpc) is 2.18. The van der Waals surface area contributed by atoms with E-state index in [1.165, 1.54) is 45.3 Å². The molecule has 1 aliphatic heterocycles. The van der Waals surface area contributed by atoms with Gasteiger partial charge in [0.15, 0.2) is 0 Å².